The molecule has 1 aliphatic rings. The quantitative estimate of drug-likeness (QED) is 0.789. The molecule has 1 amide bonds. The first-order valence-corrected chi connectivity index (χ1v) is 11.0. The number of ether oxygens (including phenoxy) is 1. The van der Waals surface area contributed by atoms with E-state index >= 15 is 0 Å². The fraction of sp³-hybridized carbons (Fsp3) is 0.938. The van der Waals surface area contributed by atoms with Gasteiger partial charge in [0.25, 0.3) is 0 Å². The average Bonchev–Trinajstić information content (AvgIpc) is 2.27. The third-order valence-corrected chi connectivity index (χ3v) is 9.02. The zero-order chi connectivity index (χ0) is 17.3. The van der Waals surface area contributed by atoms with E-state index in [1.807, 2.05) is 20.8 Å². The number of likely N-dealkylation sites (tertiary alicyclic amines) is 1. The molecule has 1 aliphatic heterocycles. The fourth-order valence-corrected chi connectivity index (χ4v) is 3.47. The van der Waals surface area contributed by atoms with Crippen LogP contribution in [-0.2, 0) is 9.16 Å². The molecule has 1 rings (SSSR count). The molecule has 0 aromatic heterocycles. The van der Waals surface area contributed by atoms with Crippen molar-refractivity contribution < 1.29 is 14.0 Å². The van der Waals surface area contributed by atoms with Crippen molar-refractivity contribution in [2.24, 2.45) is 5.73 Å². The molecule has 1 fully saturated rings. The minimum Gasteiger partial charge on any atom is -0.444 e. The lowest BCUT2D eigenvalue weighted by Crippen LogP contribution is -2.58. The van der Waals surface area contributed by atoms with E-state index in [4.69, 9.17) is 14.9 Å². The summed E-state index contributed by atoms with van der Waals surface area (Å²) >= 11 is 0. The number of hydrogen-bond acceptors (Lipinski definition) is 4. The Bertz CT molecular complexity index is 399. The van der Waals surface area contributed by atoms with Crippen LogP contribution < -0.4 is 5.73 Å². The Morgan fingerprint density at radius 2 is 1.73 bits per heavy atom. The molecule has 0 aromatic carbocycles. The van der Waals surface area contributed by atoms with E-state index in [-0.39, 0.29) is 23.3 Å². The van der Waals surface area contributed by atoms with Crippen LogP contribution in [0.5, 0.6) is 0 Å². The van der Waals surface area contributed by atoms with Crippen molar-refractivity contribution in [1.82, 2.24) is 4.90 Å². The summed E-state index contributed by atoms with van der Waals surface area (Å²) in [4.78, 5) is 14.0. The highest BCUT2D eigenvalue weighted by molar-refractivity contribution is 6.74. The van der Waals surface area contributed by atoms with Gasteiger partial charge in [0.2, 0.25) is 0 Å². The highest BCUT2D eigenvalue weighted by atomic mass is 28.4. The molecular formula is C16H34N2O3Si. The Balaban J connectivity index is 2.74. The molecule has 1 saturated heterocycles. The zero-order valence-corrected chi connectivity index (χ0v) is 16.5. The summed E-state index contributed by atoms with van der Waals surface area (Å²) in [5.41, 5.74) is 5.76. The van der Waals surface area contributed by atoms with Crippen LogP contribution in [0.1, 0.15) is 48.0 Å². The Labute approximate surface area is 136 Å². The van der Waals surface area contributed by atoms with E-state index in [0.717, 1.165) is 6.42 Å². The third kappa shape index (κ3) is 5.24. The smallest absolute Gasteiger partial charge is 0.410 e. The average molecular weight is 331 g/mol. The predicted molar refractivity (Wildman–Crippen MR) is 92.5 cm³/mol. The van der Waals surface area contributed by atoms with Gasteiger partial charge in [-0.2, -0.15) is 0 Å². The van der Waals surface area contributed by atoms with Gasteiger partial charge in [-0.15, -0.1) is 0 Å². The standard InChI is InChI=1S/C16H34N2O3Si/c1-15(2,3)20-14(19)18-10-9-12(17)13(11-18)21-22(7,8)16(4,5)6/h12-13H,9-11,17H2,1-8H3/t12-,13-/m0/s1. The number of piperidine rings is 1. The highest BCUT2D eigenvalue weighted by Gasteiger charge is 2.42. The molecule has 5 nitrogen and oxygen atoms in total. The molecule has 0 bridgehead atoms. The summed E-state index contributed by atoms with van der Waals surface area (Å²) in [6.45, 7) is 17.8. The lowest BCUT2D eigenvalue weighted by atomic mass is 10.0. The number of nitrogens with two attached hydrogens (primary N) is 1. The van der Waals surface area contributed by atoms with Crippen molar-refractivity contribution in [2.75, 3.05) is 13.1 Å². The number of nitrogens with zero attached hydrogens (tertiary/aromatic N) is 1. The number of carbonyl (C=O) groups is 1. The molecular weight excluding hydrogens is 296 g/mol. The van der Waals surface area contributed by atoms with E-state index in [2.05, 4.69) is 33.9 Å². The zero-order valence-electron chi connectivity index (χ0n) is 15.5. The van der Waals surface area contributed by atoms with Gasteiger partial charge in [0.15, 0.2) is 8.32 Å². The van der Waals surface area contributed by atoms with Gasteiger partial charge < -0.3 is 19.8 Å². The van der Waals surface area contributed by atoms with E-state index in [9.17, 15) is 4.79 Å². The van der Waals surface area contributed by atoms with Gasteiger partial charge in [-0.25, -0.2) is 4.79 Å². The number of carbonyl (C=O) groups excluding carboxylic acids is 1. The molecule has 2 atom stereocenters. The van der Waals surface area contributed by atoms with E-state index in [1.165, 1.54) is 0 Å². The highest BCUT2D eigenvalue weighted by Crippen LogP contribution is 2.38. The molecule has 1 heterocycles. The largest absolute Gasteiger partial charge is 0.444 e. The third-order valence-electron chi connectivity index (χ3n) is 4.51. The number of amides is 1. The normalized spacial score (nSPS) is 24.3. The first-order valence-electron chi connectivity index (χ1n) is 8.14. The van der Waals surface area contributed by atoms with Crippen LogP contribution in [0.25, 0.3) is 0 Å². The van der Waals surface area contributed by atoms with Crippen molar-refractivity contribution in [3.63, 3.8) is 0 Å². The molecule has 0 radical (unpaired) electrons. The van der Waals surface area contributed by atoms with Crippen molar-refractivity contribution in [1.29, 1.82) is 0 Å². The van der Waals surface area contributed by atoms with Crippen LogP contribution in [0.3, 0.4) is 0 Å². The van der Waals surface area contributed by atoms with Crippen molar-refractivity contribution >= 4 is 14.4 Å². The van der Waals surface area contributed by atoms with Crippen LogP contribution in [-0.4, -0.2) is 50.1 Å². The van der Waals surface area contributed by atoms with E-state index in [1.54, 1.807) is 4.90 Å². The first kappa shape index (κ1) is 19.5. The molecule has 0 aromatic rings. The minimum absolute atomic E-state index is 0.0205. The Kier molecular flexibility index (Phi) is 5.74. The maximum Gasteiger partial charge on any atom is 0.410 e. The van der Waals surface area contributed by atoms with Gasteiger partial charge in [-0.1, -0.05) is 20.8 Å². The molecule has 0 aliphatic carbocycles. The Hall–Kier alpha value is -0.593. The summed E-state index contributed by atoms with van der Waals surface area (Å²) < 4.78 is 11.9. The fourth-order valence-electron chi connectivity index (χ4n) is 2.11. The summed E-state index contributed by atoms with van der Waals surface area (Å²) in [5.74, 6) is 0. The monoisotopic (exact) mass is 330 g/mol. The van der Waals surface area contributed by atoms with Crippen molar-refractivity contribution in [3.8, 4) is 0 Å². The summed E-state index contributed by atoms with van der Waals surface area (Å²) in [7, 11) is -1.90. The second-order valence-corrected chi connectivity index (χ2v) is 13.6. The molecule has 22 heavy (non-hydrogen) atoms. The Morgan fingerprint density at radius 3 is 2.18 bits per heavy atom. The van der Waals surface area contributed by atoms with Gasteiger partial charge in [0.05, 0.1) is 12.6 Å². The van der Waals surface area contributed by atoms with Gasteiger partial charge in [0, 0.05) is 12.6 Å². The van der Waals surface area contributed by atoms with Gasteiger partial charge in [-0.3, -0.25) is 0 Å². The second kappa shape index (κ2) is 6.49. The SMILES string of the molecule is CC(C)(C)OC(=O)N1CC[C@H](N)[C@@H](O[Si](C)(C)C(C)(C)C)C1. The van der Waals surface area contributed by atoms with Gasteiger partial charge in [-0.05, 0) is 45.3 Å². The summed E-state index contributed by atoms with van der Waals surface area (Å²) in [5, 5.41) is 0.126. The van der Waals surface area contributed by atoms with Crippen molar-refractivity contribution in [3.05, 3.63) is 0 Å². The van der Waals surface area contributed by atoms with Crippen LogP contribution in [0.15, 0.2) is 0 Å². The predicted octanol–water partition coefficient (Wildman–Crippen LogP) is 3.34. The van der Waals surface area contributed by atoms with Gasteiger partial charge >= 0.3 is 6.09 Å². The minimum atomic E-state index is -1.90. The molecule has 0 saturated carbocycles. The molecule has 0 spiro atoms. The summed E-state index contributed by atoms with van der Waals surface area (Å²) in [6.07, 6.45) is 0.365. The van der Waals surface area contributed by atoms with Crippen molar-refractivity contribution in [2.45, 2.75) is 83.8 Å². The van der Waals surface area contributed by atoms with E-state index in [0.29, 0.717) is 13.1 Å². The number of hydrogen-bond donors (Lipinski definition) is 1. The molecule has 2 N–H and O–H groups in total. The maximum atomic E-state index is 12.2. The van der Waals surface area contributed by atoms with Crippen LogP contribution in [0.2, 0.25) is 18.1 Å². The van der Waals surface area contributed by atoms with E-state index < -0.39 is 13.9 Å². The maximum absolute atomic E-state index is 12.2. The lowest BCUT2D eigenvalue weighted by Gasteiger charge is -2.44. The molecule has 130 valence electrons. The molecule has 6 heteroatoms. The molecule has 0 unspecified atom stereocenters. The summed E-state index contributed by atoms with van der Waals surface area (Å²) in [6, 6.07) is -0.0205. The van der Waals surface area contributed by atoms with Gasteiger partial charge in [0.1, 0.15) is 5.60 Å². The van der Waals surface area contributed by atoms with Crippen LogP contribution >= 0.6 is 0 Å². The van der Waals surface area contributed by atoms with Crippen LogP contribution in [0.4, 0.5) is 4.79 Å². The first-order chi connectivity index (χ1) is 9.73. The Morgan fingerprint density at radius 1 is 1.18 bits per heavy atom. The van der Waals surface area contributed by atoms with Crippen LogP contribution in [0, 0.1) is 0 Å². The topological polar surface area (TPSA) is 64.8 Å². The number of rotatable bonds is 2. The lowest BCUT2D eigenvalue weighted by molar-refractivity contribution is 0.00186. The second-order valence-electron chi connectivity index (χ2n) is 8.80.